The van der Waals surface area contributed by atoms with Gasteiger partial charge in [0.25, 0.3) is 0 Å². The Morgan fingerprint density at radius 3 is 1.19 bits per heavy atom. The van der Waals surface area contributed by atoms with Crippen molar-refractivity contribution >= 4 is 30.0 Å². The largest absolute Gasteiger partial charge is 0.478 e. The Labute approximate surface area is 183 Å². The molecule has 3 aromatic carbocycles. The van der Waals surface area contributed by atoms with E-state index in [-0.39, 0.29) is 22.3 Å². The Morgan fingerprint density at radius 2 is 0.906 bits per heavy atom. The lowest BCUT2D eigenvalue weighted by Gasteiger charge is -1.95. The third-order valence-corrected chi connectivity index (χ3v) is 3.77. The molecular formula is C24H20O8. The minimum absolute atomic E-state index is 0.0186. The maximum absolute atomic E-state index is 10.4. The molecule has 32 heavy (non-hydrogen) atoms. The van der Waals surface area contributed by atoms with Crippen LogP contribution in [0.25, 0.3) is 6.08 Å². The molecule has 164 valence electrons. The van der Waals surface area contributed by atoms with Gasteiger partial charge in [-0.2, -0.15) is 0 Å². The molecule has 3 rings (SSSR count). The summed E-state index contributed by atoms with van der Waals surface area (Å²) in [6, 6.07) is 20.2. The second kappa shape index (κ2) is 12.8. The summed E-state index contributed by atoms with van der Waals surface area (Å²) in [7, 11) is 0. The highest BCUT2D eigenvalue weighted by Crippen LogP contribution is 2.05. The van der Waals surface area contributed by atoms with Crippen molar-refractivity contribution in [3.8, 4) is 0 Å². The zero-order valence-electron chi connectivity index (χ0n) is 16.7. The molecule has 0 atom stereocenters. The highest BCUT2D eigenvalue weighted by Gasteiger charge is 2.07. The first kappa shape index (κ1) is 25.3. The maximum atomic E-state index is 10.4. The molecule has 0 amide bonds. The summed E-state index contributed by atoms with van der Waals surface area (Å²) in [5.74, 6) is -4.38. The van der Waals surface area contributed by atoms with E-state index in [9.17, 15) is 19.2 Å². The van der Waals surface area contributed by atoms with Crippen LogP contribution in [0.4, 0.5) is 0 Å². The first-order chi connectivity index (χ1) is 15.1. The van der Waals surface area contributed by atoms with E-state index in [1.807, 2.05) is 36.4 Å². The summed E-state index contributed by atoms with van der Waals surface area (Å²) in [4.78, 5) is 41.4. The summed E-state index contributed by atoms with van der Waals surface area (Å²) in [5.41, 5.74) is 1.30. The Bertz CT molecular complexity index is 1020. The number of rotatable bonds is 5. The van der Waals surface area contributed by atoms with Crippen molar-refractivity contribution in [1.29, 1.82) is 0 Å². The molecule has 0 unspecified atom stereocenters. The van der Waals surface area contributed by atoms with E-state index >= 15 is 0 Å². The number of carbonyl (C=O) groups is 4. The van der Waals surface area contributed by atoms with Crippen molar-refractivity contribution in [3.63, 3.8) is 0 Å². The van der Waals surface area contributed by atoms with E-state index < -0.39 is 23.9 Å². The van der Waals surface area contributed by atoms with Gasteiger partial charge in [0.15, 0.2) is 0 Å². The molecule has 0 saturated heterocycles. The summed E-state index contributed by atoms with van der Waals surface area (Å²) >= 11 is 0. The normalized spacial score (nSPS) is 9.12. The Kier molecular flexibility index (Phi) is 10.1. The van der Waals surface area contributed by atoms with Crippen LogP contribution >= 0.6 is 0 Å². The molecule has 0 aromatic heterocycles. The van der Waals surface area contributed by atoms with Crippen molar-refractivity contribution in [1.82, 2.24) is 0 Å². The zero-order valence-corrected chi connectivity index (χ0v) is 16.7. The number of carboxylic acid groups (broad SMARTS) is 4. The van der Waals surface area contributed by atoms with E-state index in [1.54, 1.807) is 0 Å². The van der Waals surface area contributed by atoms with Gasteiger partial charge in [-0.15, -0.1) is 0 Å². The molecular weight excluding hydrogens is 416 g/mol. The molecule has 0 radical (unpaired) electrons. The van der Waals surface area contributed by atoms with Crippen LogP contribution in [0.1, 0.15) is 47.0 Å². The molecule has 0 aliphatic heterocycles. The monoisotopic (exact) mass is 436 g/mol. The van der Waals surface area contributed by atoms with Crippen LogP contribution in [-0.2, 0) is 0 Å². The average molecular weight is 436 g/mol. The molecule has 4 N–H and O–H groups in total. The molecule has 0 bridgehead atoms. The van der Waals surface area contributed by atoms with Crippen LogP contribution in [0.3, 0.4) is 0 Å². The SMILES string of the molecule is C=Cc1ccccc1.O=C(O)c1ccc(C(=O)O)cc1.O=C(O)c1cccc(C(=O)O)c1. The predicted octanol–water partition coefficient (Wildman–Crippen LogP) is 4.50. The fourth-order valence-corrected chi connectivity index (χ4v) is 2.13. The molecule has 8 heteroatoms. The molecule has 0 saturated carbocycles. The lowest BCUT2D eigenvalue weighted by molar-refractivity contribution is 0.0681. The van der Waals surface area contributed by atoms with Gasteiger partial charge in [-0.1, -0.05) is 49.1 Å². The topological polar surface area (TPSA) is 149 Å². The van der Waals surface area contributed by atoms with Crippen molar-refractivity contribution in [2.24, 2.45) is 0 Å². The molecule has 8 nitrogen and oxygen atoms in total. The number of benzene rings is 3. The van der Waals surface area contributed by atoms with Gasteiger partial charge in [-0.05, 0) is 48.0 Å². The van der Waals surface area contributed by atoms with Crippen LogP contribution < -0.4 is 0 Å². The second-order valence-electron chi connectivity index (χ2n) is 5.99. The lowest BCUT2D eigenvalue weighted by Crippen LogP contribution is -2.01. The predicted molar refractivity (Wildman–Crippen MR) is 117 cm³/mol. The van der Waals surface area contributed by atoms with Crippen LogP contribution in [-0.4, -0.2) is 44.3 Å². The molecule has 0 spiro atoms. The summed E-state index contributed by atoms with van der Waals surface area (Å²) in [6.07, 6.45) is 1.83. The van der Waals surface area contributed by atoms with Gasteiger partial charge < -0.3 is 20.4 Å². The number of hydrogen-bond donors (Lipinski definition) is 4. The molecule has 0 heterocycles. The van der Waals surface area contributed by atoms with Gasteiger partial charge in [0, 0.05) is 0 Å². The lowest BCUT2D eigenvalue weighted by atomic mass is 10.1. The zero-order chi connectivity index (χ0) is 24.1. The van der Waals surface area contributed by atoms with E-state index in [0.29, 0.717) is 0 Å². The highest BCUT2D eigenvalue weighted by molar-refractivity contribution is 5.93. The van der Waals surface area contributed by atoms with Gasteiger partial charge in [0.1, 0.15) is 0 Å². The first-order valence-corrected chi connectivity index (χ1v) is 8.96. The van der Waals surface area contributed by atoms with E-state index in [4.69, 9.17) is 20.4 Å². The summed E-state index contributed by atoms with van der Waals surface area (Å²) in [6.45, 7) is 3.63. The molecule has 0 fully saturated rings. The Morgan fingerprint density at radius 1 is 0.531 bits per heavy atom. The Balaban J connectivity index is 0.000000245. The number of carboxylic acids is 4. The minimum Gasteiger partial charge on any atom is -0.478 e. The highest BCUT2D eigenvalue weighted by atomic mass is 16.4. The maximum Gasteiger partial charge on any atom is 0.335 e. The van der Waals surface area contributed by atoms with E-state index in [1.165, 1.54) is 48.0 Å². The second-order valence-corrected chi connectivity index (χ2v) is 5.99. The fourth-order valence-electron chi connectivity index (χ4n) is 2.13. The van der Waals surface area contributed by atoms with Gasteiger partial charge in [-0.3, -0.25) is 0 Å². The minimum atomic E-state index is -1.13. The molecule has 0 aliphatic rings. The average Bonchev–Trinajstić information content (AvgIpc) is 2.80. The molecule has 3 aromatic rings. The quantitative estimate of drug-likeness (QED) is 0.457. The van der Waals surface area contributed by atoms with Crippen molar-refractivity contribution in [2.75, 3.05) is 0 Å². The molecule has 0 aliphatic carbocycles. The number of hydrogen-bond acceptors (Lipinski definition) is 4. The van der Waals surface area contributed by atoms with Crippen LogP contribution in [0.5, 0.6) is 0 Å². The van der Waals surface area contributed by atoms with Crippen LogP contribution in [0.15, 0.2) is 85.4 Å². The fraction of sp³-hybridized carbons (Fsp3) is 0. The summed E-state index contributed by atoms with van der Waals surface area (Å²) < 4.78 is 0. The van der Waals surface area contributed by atoms with E-state index in [2.05, 4.69) is 6.58 Å². The third kappa shape index (κ3) is 8.75. The van der Waals surface area contributed by atoms with Crippen LogP contribution in [0, 0.1) is 0 Å². The van der Waals surface area contributed by atoms with E-state index in [0.717, 1.165) is 6.07 Å². The smallest absolute Gasteiger partial charge is 0.335 e. The summed E-state index contributed by atoms with van der Waals surface area (Å²) in [5, 5.41) is 33.9. The Hall–Kier alpha value is -4.72. The van der Waals surface area contributed by atoms with Crippen molar-refractivity contribution in [2.45, 2.75) is 0 Å². The van der Waals surface area contributed by atoms with Gasteiger partial charge >= 0.3 is 23.9 Å². The third-order valence-electron chi connectivity index (χ3n) is 3.77. The van der Waals surface area contributed by atoms with Gasteiger partial charge in [0.2, 0.25) is 0 Å². The van der Waals surface area contributed by atoms with Gasteiger partial charge in [0.05, 0.1) is 22.3 Å². The standard InChI is InChI=1S/2C8H6O4.C8H8/c9-7(10)5-1-2-6(4-3-5)8(11)12;9-7(10)5-2-1-3-6(4-5)8(11)12;1-2-8-6-4-3-5-7-8/h2*1-4H,(H,9,10)(H,11,12);2-7H,1H2. The van der Waals surface area contributed by atoms with Crippen LogP contribution in [0.2, 0.25) is 0 Å². The first-order valence-electron chi connectivity index (χ1n) is 8.96. The van der Waals surface area contributed by atoms with Gasteiger partial charge in [-0.25, -0.2) is 19.2 Å². The van der Waals surface area contributed by atoms with Crippen molar-refractivity contribution < 1.29 is 39.6 Å². The van der Waals surface area contributed by atoms with Crippen molar-refractivity contribution in [3.05, 3.63) is 113 Å². The number of aromatic carboxylic acids is 4.